The minimum Gasteiger partial charge on any atom is -0.462 e. The minimum absolute atomic E-state index is 0.260. The molecule has 0 radical (unpaired) electrons. The molecule has 0 aliphatic carbocycles. The molecule has 0 bridgehead atoms. The van der Waals surface area contributed by atoms with Gasteiger partial charge in [-0.2, -0.15) is 0 Å². The number of esters is 1. The predicted octanol–water partition coefficient (Wildman–Crippen LogP) is 3.24. The second-order valence-corrected chi connectivity index (χ2v) is 4.07. The Morgan fingerprint density at radius 3 is 2.74 bits per heavy atom. The maximum atomic E-state index is 11.7. The third-order valence-corrected chi connectivity index (χ3v) is 2.76. The van der Waals surface area contributed by atoms with Crippen molar-refractivity contribution >= 4 is 12.3 Å². The monoisotopic (exact) mass is 258 g/mol. The number of furan rings is 1. The van der Waals surface area contributed by atoms with Crippen LogP contribution in [-0.4, -0.2) is 18.9 Å². The molecule has 0 amide bonds. The van der Waals surface area contributed by atoms with Crippen LogP contribution in [0.4, 0.5) is 0 Å². The standard InChI is InChI=1S/C15H14O4/c1-3-18-15(17)11-5-4-10(2)13(8-11)14-7-6-12(9-16)19-14/h4-9H,3H2,1-2H3. The second-order valence-electron chi connectivity index (χ2n) is 4.07. The number of ether oxygens (including phenoxy) is 1. The average Bonchev–Trinajstić information content (AvgIpc) is 2.88. The molecule has 0 N–H and O–H groups in total. The van der Waals surface area contributed by atoms with Gasteiger partial charge < -0.3 is 9.15 Å². The summed E-state index contributed by atoms with van der Waals surface area (Å²) in [5, 5.41) is 0. The Kier molecular flexibility index (Phi) is 3.80. The van der Waals surface area contributed by atoms with E-state index in [2.05, 4.69) is 0 Å². The van der Waals surface area contributed by atoms with Crippen molar-refractivity contribution < 1.29 is 18.7 Å². The first-order valence-corrected chi connectivity index (χ1v) is 5.99. The summed E-state index contributed by atoms with van der Waals surface area (Å²) in [6.45, 7) is 4.00. The van der Waals surface area contributed by atoms with Crippen LogP contribution in [0.3, 0.4) is 0 Å². The number of benzene rings is 1. The Bertz CT molecular complexity index is 610. The summed E-state index contributed by atoms with van der Waals surface area (Å²) in [7, 11) is 0. The minimum atomic E-state index is -0.370. The van der Waals surface area contributed by atoms with Crippen LogP contribution >= 0.6 is 0 Å². The number of carbonyl (C=O) groups is 2. The van der Waals surface area contributed by atoms with Crippen molar-refractivity contribution in [2.24, 2.45) is 0 Å². The average molecular weight is 258 g/mol. The summed E-state index contributed by atoms with van der Waals surface area (Å²) in [5.74, 6) is 0.451. The molecule has 4 nitrogen and oxygen atoms in total. The fraction of sp³-hybridized carbons (Fsp3) is 0.200. The molecular formula is C15H14O4. The lowest BCUT2D eigenvalue weighted by molar-refractivity contribution is 0.0526. The Morgan fingerprint density at radius 1 is 1.32 bits per heavy atom. The highest BCUT2D eigenvalue weighted by Crippen LogP contribution is 2.26. The summed E-state index contributed by atoms with van der Waals surface area (Å²) >= 11 is 0. The smallest absolute Gasteiger partial charge is 0.338 e. The largest absolute Gasteiger partial charge is 0.462 e. The maximum Gasteiger partial charge on any atom is 0.338 e. The van der Waals surface area contributed by atoms with E-state index in [1.54, 1.807) is 31.2 Å². The molecule has 98 valence electrons. The van der Waals surface area contributed by atoms with E-state index in [-0.39, 0.29) is 11.7 Å². The molecule has 0 saturated heterocycles. The molecule has 2 rings (SSSR count). The zero-order valence-corrected chi connectivity index (χ0v) is 10.8. The lowest BCUT2D eigenvalue weighted by Gasteiger charge is -2.06. The Morgan fingerprint density at radius 2 is 2.11 bits per heavy atom. The van der Waals surface area contributed by atoms with Crippen LogP contribution in [0, 0.1) is 6.92 Å². The SMILES string of the molecule is CCOC(=O)c1ccc(C)c(-c2ccc(C=O)o2)c1. The van der Waals surface area contributed by atoms with Crippen LogP contribution in [0.15, 0.2) is 34.7 Å². The Balaban J connectivity index is 2.41. The van der Waals surface area contributed by atoms with Crippen molar-refractivity contribution in [1.82, 2.24) is 0 Å². The second kappa shape index (κ2) is 5.52. The van der Waals surface area contributed by atoms with Crippen LogP contribution in [0.1, 0.15) is 33.4 Å². The number of aldehydes is 1. The summed E-state index contributed by atoms with van der Waals surface area (Å²) in [6, 6.07) is 8.55. The molecule has 19 heavy (non-hydrogen) atoms. The Hall–Kier alpha value is -2.36. The molecule has 1 heterocycles. The summed E-state index contributed by atoms with van der Waals surface area (Å²) < 4.78 is 10.3. The van der Waals surface area contributed by atoms with Gasteiger partial charge in [-0.15, -0.1) is 0 Å². The highest BCUT2D eigenvalue weighted by atomic mass is 16.5. The molecule has 0 atom stereocenters. The van der Waals surface area contributed by atoms with Gasteiger partial charge in [0.1, 0.15) is 5.76 Å². The van der Waals surface area contributed by atoms with Crippen molar-refractivity contribution in [3.05, 3.63) is 47.2 Å². The normalized spacial score (nSPS) is 10.2. The van der Waals surface area contributed by atoms with Gasteiger partial charge in [-0.3, -0.25) is 4.79 Å². The maximum absolute atomic E-state index is 11.7. The Labute approximate surface area is 111 Å². The van der Waals surface area contributed by atoms with Crippen LogP contribution in [0.5, 0.6) is 0 Å². The molecule has 0 saturated carbocycles. The fourth-order valence-corrected chi connectivity index (χ4v) is 1.79. The summed E-state index contributed by atoms with van der Waals surface area (Å²) in [4.78, 5) is 22.3. The van der Waals surface area contributed by atoms with Gasteiger partial charge in [0.2, 0.25) is 0 Å². The summed E-state index contributed by atoms with van der Waals surface area (Å²) in [6.07, 6.45) is 0.647. The molecule has 0 spiro atoms. The lowest BCUT2D eigenvalue weighted by atomic mass is 10.0. The fourth-order valence-electron chi connectivity index (χ4n) is 1.79. The van der Waals surface area contributed by atoms with E-state index >= 15 is 0 Å². The van der Waals surface area contributed by atoms with Crippen molar-refractivity contribution in [1.29, 1.82) is 0 Å². The highest BCUT2D eigenvalue weighted by molar-refractivity contribution is 5.91. The van der Waals surface area contributed by atoms with E-state index in [1.165, 1.54) is 0 Å². The zero-order valence-electron chi connectivity index (χ0n) is 10.8. The summed E-state index contributed by atoms with van der Waals surface area (Å²) in [5.41, 5.74) is 2.20. The van der Waals surface area contributed by atoms with Crippen LogP contribution in [-0.2, 0) is 4.74 Å². The van der Waals surface area contributed by atoms with E-state index in [1.807, 2.05) is 13.0 Å². The van der Waals surface area contributed by atoms with Gasteiger partial charge in [0.25, 0.3) is 0 Å². The topological polar surface area (TPSA) is 56.5 Å². The number of carbonyl (C=O) groups excluding carboxylic acids is 2. The first kappa shape index (κ1) is 13.1. The van der Waals surface area contributed by atoms with Crippen LogP contribution in [0.2, 0.25) is 0 Å². The van der Waals surface area contributed by atoms with E-state index < -0.39 is 0 Å². The molecule has 1 aromatic heterocycles. The van der Waals surface area contributed by atoms with Crippen molar-refractivity contribution in [2.45, 2.75) is 13.8 Å². The van der Waals surface area contributed by atoms with Gasteiger partial charge in [0.15, 0.2) is 12.0 Å². The van der Waals surface area contributed by atoms with Gasteiger partial charge >= 0.3 is 5.97 Å². The molecule has 0 unspecified atom stereocenters. The molecule has 1 aromatic carbocycles. The van der Waals surface area contributed by atoms with Gasteiger partial charge in [-0.05, 0) is 43.7 Å². The third-order valence-electron chi connectivity index (χ3n) is 2.76. The van der Waals surface area contributed by atoms with Crippen molar-refractivity contribution in [2.75, 3.05) is 6.61 Å². The van der Waals surface area contributed by atoms with Gasteiger partial charge in [0, 0.05) is 5.56 Å². The zero-order chi connectivity index (χ0) is 13.8. The highest BCUT2D eigenvalue weighted by Gasteiger charge is 2.12. The van der Waals surface area contributed by atoms with Gasteiger partial charge in [0.05, 0.1) is 12.2 Å². The van der Waals surface area contributed by atoms with Crippen LogP contribution in [0.25, 0.3) is 11.3 Å². The predicted molar refractivity (Wildman–Crippen MR) is 70.2 cm³/mol. The van der Waals surface area contributed by atoms with Gasteiger partial charge in [-0.1, -0.05) is 6.07 Å². The van der Waals surface area contributed by atoms with Crippen molar-refractivity contribution in [3.63, 3.8) is 0 Å². The van der Waals surface area contributed by atoms with Crippen LogP contribution < -0.4 is 0 Å². The molecule has 4 heteroatoms. The first-order chi connectivity index (χ1) is 9.15. The quantitative estimate of drug-likeness (QED) is 0.624. The molecule has 2 aromatic rings. The molecule has 0 aliphatic heterocycles. The van der Waals surface area contributed by atoms with Gasteiger partial charge in [-0.25, -0.2) is 4.79 Å². The number of rotatable bonds is 4. The van der Waals surface area contributed by atoms with E-state index in [4.69, 9.17) is 9.15 Å². The van der Waals surface area contributed by atoms with Crippen molar-refractivity contribution in [3.8, 4) is 11.3 Å². The molecule has 0 fully saturated rings. The van der Waals surface area contributed by atoms with E-state index in [0.29, 0.717) is 24.2 Å². The molecular weight excluding hydrogens is 244 g/mol. The number of hydrogen-bond donors (Lipinski definition) is 0. The van der Waals surface area contributed by atoms with E-state index in [9.17, 15) is 9.59 Å². The number of hydrogen-bond acceptors (Lipinski definition) is 4. The van der Waals surface area contributed by atoms with E-state index in [0.717, 1.165) is 11.1 Å². The lowest BCUT2D eigenvalue weighted by Crippen LogP contribution is -2.04. The molecule has 0 aliphatic rings. The third kappa shape index (κ3) is 2.73. The first-order valence-electron chi connectivity index (χ1n) is 5.99. The number of aryl methyl sites for hydroxylation is 1.